The van der Waals surface area contributed by atoms with E-state index in [-0.39, 0.29) is 11.7 Å². The van der Waals surface area contributed by atoms with Crippen molar-refractivity contribution in [3.05, 3.63) is 23.5 Å². The second-order valence-corrected chi connectivity index (χ2v) is 3.29. The summed E-state index contributed by atoms with van der Waals surface area (Å²) in [5.74, 6) is 0.0800. The lowest BCUT2D eigenvalue weighted by Crippen LogP contribution is -2.23. The molecule has 0 aliphatic rings. The summed E-state index contributed by atoms with van der Waals surface area (Å²) in [5, 5.41) is 9.47. The summed E-state index contributed by atoms with van der Waals surface area (Å²) >= 11 is 0. The van der Waals surface area contributed by atoms with Crippen LogP contribution in [0.25, 0.3) is 0 Å². The molecule has 0 aliphatic carbocycles. The zero-order valence-corrected chi connectivity index (χ0v) is 8.61. The van der Waals surface area contributed by atoms with Gasteiger partial charge in [-0.1, -0.05) is 0 Å². The molecule has 76 valence electrons. The second kappa shape index (κ2) is 4.09. The smallest absolute Gasteiger partial charge is 0.219 e. The normalized spacial score (nSPS) is 9.93. The van der Waals surface area contributed by atoms with Crippen LogP contribution in [0.4, 0.5) is 0 Å². The quantitative estimate of drug-likeness (QED) is 0.766. The first-order valence-corrected chi connectivity index (χ1v) is 4.38. The lowest BCUT2D eigenvalue weighted by molar-refractivity contribution is -0.128. The Bertz CT molecular complexity index is 350. The van der Waals surface area contributed by atoms with Gasteiger partial charge >= 0.3 is 0 Å². The number of hydrogen-bond acceptors (Lipinski definition) is 3. The lowest BCUT2D eigenvalue weighted by atomic mass is 10.2. The number of nitrogens with zero attached hydrogens (tertiary/aromatic N) is 2. The summed E-state index contributed by atoms with van der Waals surface area (Å²) in [6.45, 7) is 3.66. The molecular weight excluding hydrogens is 180 g/mol. The summed E-state index contributed by atoms with van der Waals surface area (Å²) < 4.78 is 0. The topological polar surface area (TPSA) is 53.4 Å². The number of carbonyl (C=O) groups is 1. The van der Waals surface area contributed by atoms with Gasteiger partial charge in [0.25, 0.3) is 0 Å². The highest BCUT2D eigenvalue weighted by molar-refractivity contribution is 5.72. The molecule has 1 rings (SSSR count). The van der Waals surface area contributed by atoms with E-state index in [9.17, 15) is 9.90 Å². The molecule has 0 unspecified atom stereocenters. The van der Waals surface area contributed by atoms with Crippen molar-refractivity contribution < 1.29 is 9.90 Å². The molecule has 1 amide bonds. The third-order valence-corrected chi connectivity index (χ3v) is 2.01. The van der Waals surface area contributed by atoms with Gasteiger partial charge in [0.1, 0.15) is 11.4 Å². The molecule has 1 heterocycles. The van der Waals surface area contributed by atoms with Crippen LogP contribution >= 0.6 is 0 Å². The van der Waals surface area contributed by atoms with Crippen molar-refractivity contribution in [2.45, 2.75) is 20.4 Å². The molecule has 0 bridgehead atoms. The van der Waals surface area contributed by atoms with E-state index >= 15 is 0 Å². The van der Waals surface area contributed by atoms with E-state index in [1.165, 1.54) is 11.8 Å². The number of aromatic hydroxyl groups is 1. The van der Waals surface area contributed by atoms with Crippen LogP contribution in [-0.2, 0) is 11.3 Å². The van der Waals surface area contributed by atoms with Crippen LogP contribution < -0.4 is 0 Å². The zero-order chi connectivity index (χ0) is 10.7. The maximum Gasteiger partial charge on any atom is 0.219 e. The van der Waals surface area contributed by atoms with Gasteiger partial charge in [0.2, 0.25) is 5.91 Å². The largest absolute Gasteiger partial charge is 0.506 e. The Labute approximate surface area is 83.2 Å². The van der Waals surface area contributed by atoms with E-state index in [0.717, 1.165) is 5.69 Å². The maximum atomic E-state index is 11.0. The molecule has 14 heavy (non-hydrogen) atoms. The second-order valence-electron chi connectivity index (χ2n) is 3.29. The first-order chi connectivity index (χ1) is 6.50. The standard InChI is InChI=1S/C10H14N2O2/c1-7-4-5-10(14)9(11-7)6-12(3)8(2)13/h4-5,14H,6H2,1-3H3. The number of aromatic nitrogens is 1. The maximum absolute atomic E-state index is 11.0. The first kappa shape index (κ1) is 10.5. The van der Waals surface area contributed by atoms with E-state index in [0.29, 0.717) is 12.2 Å². The summed E-state index contributed by atoms with van der Waals surface area (Å²) in [5.41, 5.74) is 1.36. The molecule has 0 spiro atoms. The minimum Gasteiger partial charge on any atom is -0.506 e. The van der Waals surface area contributed by atoms with Gasteiger partial charge in [-0.15, -0.1) is 0 Å². The fourth-order valence-corrected chi connectivity index (χ4v) is 1.06. The first-order valence-electron chi connectivity index (χ1n) is 4.38. The van der Waals surface area contributed by atoms with Gasteiger partial charge in [0, 0.05) is 19.7 Å². The molecule has 0 aliphatic heterocycles. The van der Waals surface area contributed by atoms with Gasteiger partial charge < -0.3 is 10.0 Å². The van der Waals surface area contributed by atoms with Crippen molar-refractivity contribution in [1.82, 2.24) is 9.88 Å². The van der Waals surface area contributed by atoms with Gasteiger partial charge in [-0.2, -0.15) is 0 Å². The Morgan fingerprint density at radius 3 is 2.79 bits per heavy atom. The van der Waals surface area contributed by atoms with Crippen molar-refractivity contribution >= 4 is 5.91 Å². The van der Waals surface area contributed by atoms with Crippen LogP contribution in [0.3, 0.4) is 0 Å². The molecule has 4 heteroatoms. The number of amides is 1. The Balaban J connectivity index is 2.85. The zero-order valence-electron chi connectivity index (χ0n) is 8.61. The fraction of sp³-hybridized carbons (Fsp3) is 0.400. The highest BCUT2D eigenvalue weighted by Crippen LogP contribution is 2.15. The summed E-state index contributed by atoms with van der Waals surface area (Å²) in [6.07, 6.45) is 0. The van der Waals surface area contributed by atoms with E-state index in [2.05, 4.69) is 4.98 Å². The number of aryl methyl sites for hydroxylation is 1. The van der Waals surface area contributed by atoms with Crippen molar-refractivity contribution in [3.63, 3.8) is 0 Å². The number of pyridine rings is 1. The van der Waals surface area contributed by atoms with E-state index in [1.54, 1.807) is 19.2 Å². The van der Waals surface area contributed by atoms with Gasteiger partial charge in [-0.25, -0.2) is 0 Å². The summed E-state index contributed by atoms with van der Waals surface area (Å²) in [7, 11) is 1.67. The molecule has 0 radical (unpaired) electrons. The lowest BCUT2D eigenvalue weighted by Gasteiger charge is -2.14. The minimum atomic E-state index is -0.0484. The SMILES string of the molecule is CC(=O)N(C)Cc1nc(C)ccc1O. The van der Waals surface area contributed by atoms with E-state index in [4.69, 9.17) is 0 Å². The average Bonchev–Trinajstić information content (AvgIpc) is 2.11. The molecule has 0 aromatic carbocycles. The molecule has 1 N–H and O–H groups in total. The van der Waals surface area contributed by atoms with E-state index < -0.39 is 0 Å². The number of rotatable bonds is 2. The van der Waals surface area contributed by atoms with Crippen LogP contribution in [0, 0.1) is 6.92 Å². The molecule has 0 atom stereocenters. The highest BCUT2D eigenvalue weighted by Gasteiger charge is 2.08. The van der Waals surface area contributed by atoms with Gasteiger partial charge in [0.15, 0.2) is 0 Å². The molecule has 1 aromatic rings. The van der Waals surface area contributed by atoms with Gasteiger partial charge in [-0.05, 0) is 19.1 Å². The van der Waals surface area contributed by atoms with Crippen LogP contribution in [0.5, 0.6) is 5.75 Å². The predicted molar refractivity (Wildman–Crippen MR) is 52.8 cm³/mol. The number of carbonyl (C=O) groups excluding carboxylic acids is 1. The summed E-state index contributed by atoms with van der Waals surface area (Å²) in [6, 6.07) is 3.32. The van der Waals surface area contributed by atoms with Gasteiger partial charge in [0.05, 0.1) is 6.54 Å². The monoisotopic (exact) mass is 194 g/mol. The Morgan fingerprint density at radius 1 is 1.57 bits per heavy atom. The molecule has 4 nitrogen and oxygen atoms in total. The van der Waals surface area contributed by atoms with Crippen molar-refractivity contribution in [2.24, 2.45) is 0 Å². The molecular formula is C10H14N2O2. The predicted octanol–water partition coefficient (Wildman–Crippen LogP) is 1.07. The minimum absolute atomic E-state index is 0.0484. The molecule has 0 saturated carbocycles. The third-order valence-electron chi connectivity index (χ3n) is 2.01. The fourth-order valence-electron chi connectivity index (χ4n) is 1.06. The Kier molecular flexibility index (Phi) is 3.06. The highest BCUT2D eigenvalue weighted by atomic mass is 16.3. The molecule has 0 saturated heterocycles. The Hall–Kier alpha value is -1.58. The van der Waals surface area contributed by atoms with E-state index in [1.807, 2.05) is 6.92 Å². The van der Waals surface area contributed by atoms with Crippen LogP contribution in [-0.4, -0.2) is 27.9 Å². The third kappa shape index (κ3) is 2.45. The van der Waals surface area contributed by atoms with Crippen molar-refractivity contribution in [1.29, 1.82) is 0 Å². The van der Waals surface area contributed by atoms with Crippen molar-refractivity contribution in [2.75, 3.05) is 7.05 Å². The molecule has 0 fully saturated rings. The average molecular weight is 194 g/mol. The van der Waals surface area contributed by atoms with Crippen LogP contribution in [0.2, 0.25) is 0 Å². The van der Waals surface area contributed by atoms with Crippen molar-refractivity contribution in [3.8, 4) is 5.75 Å². The number of hydrogen-bond donors (Lipinski definition) is 1. The van der Waals surface area contributed by atoms with Crippen LogP contribution in [0.15, 0.2) is 12.1 Å². The van der Waals surface area contributed by atoms with Gasteiger partial charge in [-0.3, -0.25) is 9.78 Å². The molecule has 1 aromatic heterocycles. The van der Waals surface area contributed by atoms with Crippen LogP contribution in [0.1, 0.15) is 18.3 Å². The Morgan fingerprint density at radius 2 is 2.21 bits per heavy atom. The summed E-state index contributed by atoms with van der Waals surface area (Å²) in [4.78, 5) is 16.6.